The smallest absolute Gasteiger partial charge is 0.229 e. The van der Waals surface area contributed by atoms with Crippen LogP contribution in [0.2, 0.25) is 0 Å². The highest BCUT2D eigenvalue weighted by Crippen LogP contribution is 2.29. The molecule has 2 aromatic rings. The fourth-order valence-corrected chi connectivity index (χ4v) is 3.71. The van der Waals surface area contributed by atoms with Gasteiger partial charge in [-0.15, -0.1) is 0 Å². The van der Waals surface area contributed by atoms with E-state index in [2.05, 4.69) is 17.4 Å². The van der Waals surface area contributed by atoms with Crippen LogP contribution in [0.4, 0.5) is 11.4 Å². The number of rotatable bonds is 5. The predicted molar refractivity (Wildman–Crippen MR) is 112 cm³/mol. The van der Waals surface area contributed by atoms with Gasteiger partial charge in [0.1, 0.15) is 5.75 Å². The third-order valence-corrected chi connectivity index (χ3v) is 4.94. The van der Waals surface area contributed by atoms with Gasteiger partial charge in [-0.05, 0) is 70.0 Å². The molecule has 0 aromatic heterocycles. The van der Waals surface area contributed by atoms with Gasteiger partial charge in [-0.3, -0.25) is 9.59 Å². The maximum Gasteiger partial charge on any atom is 0.229 e. The Morgan fingerprint density at radius 3 is 2.29 bits per heavy atom. The third kappa shape index (κ3) is 4.35. The van der Waals surface area contributed by atoms with Crippen LogP contribution in [0.3, 0.4) is 0 Å². The van der Waals surface area contributed by atoms with Gasteiger partial charge in [0.25, 0.3) is 0 Å². The van der Waals surface area contributed by atoms with Crippen LogP contribution in [0.25, 0.3) is 0 Å². The molecule has 148 valence electrons. The first kappa shape index (κ1) is 19.9. The number of benzene rings is 2. The zero-order chi connectivity index (χ0) is 20.4. The van der Waals surface area contributed by atoms with E-state index in [1.54, 1.807) is 4.90 Å². The Labute approximate surface area is 166 Å². The highest BCUT2D eigenvalue weighted by Gasteiger charge is 2.35. The zero-order valence-electron chi connectivity index (χ0n) is 17.2. The Bertz CT molecular complexity index is 864. The molecule has 5 heteroatoms. The summed E-state index contributed by atoms with van der Waals surface area (Å²) in [5.74, 6) is 0.268. The van der Waals surface area contributed by atoms with Crippen molar-refractivity contribution < 1.29 is 14.3 Å². The number of nitrogens with zero attached hydrogens (tertiary/aromatic N) is 1. The molecule has 1 fully saturated rings. The molecule has 1 atom stereocenters. The van der Waals surface area contributed by atoms with Crippen LogP contribution in [0, 0.1) is 26.7 Å². The summed E-state index contributed by atoms with van der Waals surface area (Å²) in [6, 6.07) is 11.5. The molecule has 1 aliphatic rings. The number of hydrogen-bond acceptors (Lipinski definition) is 3. The average Bonchev–Trinajstić information content (AvgIpc) is 3.00. The molecule has 0 saturated carbocycles. The maximum absolute atomic E-state index is 12.8. The molecule has 0 radical (unpaired) electrons. The van der Waals surface area contributed by atoms with Crippen molar-refractivity contribution in [1.29, 1.82) is 0 Å². The molecule has 1 aliphatic heterocycles. The number of ether oxygens (including phenoxy) is 1. The summed E-state index contributed by atoms with van der Waals surface area (Å²) < 4.78 is 5.65. The molecule has 28 heavy (non-hydrogen) atoms. The van der Waals surface area contributed by atoms with Crippen LogP contribution in [0.5, 0.6) is 5.75 Å². The van der Waals surface area contributed by atoms with E-state index in [4.69, 9.17) is 4.74 Å². The summed E-state index contributed by atoms with van der Waals surface area (Å²) in [4.78, 5) is 27.0. The summed E-state index contributed by atoms with van der Waals surface area (Å²) in [6.45, 7) is 10.3. The predicted octanol–water partition coefficient (Wildman–Crippen LogP) is 4.39. The van der Waals surface area contributed by atoms with Crippen molar-refractivity contribution in [3.8, 4) is 5.75 Å². The highest BCUT2D eigenvalue weighted by molar-refractivity contribution is 6.04. The maximum atomic E-state index is 12.8. The van der Waals surface area contributed by atoms with Crippen molar-refractivity contribution in [2.75, 3.05) is 16.8 Å². The Balaban J connectivity index is 1.69. The van der Waals surface area contributed by atoms with E-state index >= 15 is 0 Å². The number of carbonyl (C=O) groups is 2. The Morgan fingerprint density at radius 2 is 1.71 bits per heavy atom. The van der Waals surface area contributed by atoms with Crippen molar-refractivity contribution in [3.05, 3.63) is 53.1 Å². The molecule has 0 aliphatic carbocycles. The molecule has 0 spiro atoms. The second-order valence-electron chi connectivity index (χ2n) is 7.83. The summed E-state index contributed by atoms with van der Waals surface area (Å²) in [5, 5.41) is 3.03. The first-order chi connectivity index (χ1) is 13.2. The van der Waals surface area contributed by atoms with Crippen LogP contribution in [-0.2, 0) is 9.59 Å². The Hall–Kier alpha value is -2.82. The molecule has 0 bridgehead atoms. The third-order valence-electron chi connectivity index (χ3n) is 4.94. The van der Waals surface area contributed by atoms with E-state index in [0.717, 1.165) is 28.3 Å². The SMILES string of the molecule is Cc1cc(C)c(NC(=O)C2CC(=O)N(c3ccc(OC(C)C)cc3)C2)c(C)c1. The summed E-state index contributed by atoms with van der Waals surface area (Å²) >= 11 is 0. The molecule has 1 N–H and O–H groups in total. The number of carbonyl (C=O) groups excluding carboxylic acids is 2. The van der Waals surface area contributed by atoms with Gasteiger partial charge < -0.3 is 15.0 Å². The van der Waals surface area contributed by atoms with Gasteiger partial charge in [0.15, 0.2) is 0 Å². The average molecular weight is 380 g/mol. The van der Waals surface area contributed by atoms with Crippen LogP contribution < -0.4 is 15.0 Å². The minimum Gasteiger partial charge on any atom is -0.491 e. The van der Waals surface area contributed by atoms with Crippen LogP contribution >= 0.6 is 0 Å². The van der Waals surface area contributed by atoms with Crippen molar-refractivity contribution in [2.24, 2.45) is 5.92 Å². The van der Waals surface area contributed by atoms with Gasteiger partial charge in [0.05, 0.1) is 12.0 Å². The molecular weight excluding hydrogens is 352 g/mol. The minimum atomic E-state index is -0.362. The second kappa shape index (κ2) is 8.05. The second-order valence-corrected chi connectivity index (χ2v) is 7.83. The van der Waals surface area contributed by atoms with Crippen LogP contribution in [-0.4, -0.2) is 24.5 Å². The molecule has 3 rings (SSSR count). The monoisotopic (exact) mass is 380 g/mol. The Kier molecular flexibility index (Phi) is 5.73. The van der Waals surface area contributed by atoms with Gasteiger partial charge in [-0.1, -0.05) is 17.7 Å². The number of aryl methyl sites for hydroxylation is 3. The standard InChI is InChI=1S/C23H28N2O3/c1-14(2)28-20-8-6-19(7-9-20)25-13-18(12-21(25)26)23(27)24-22-16(4)10-15(3)11-17(22)5/h6-11,14,18H,12-13H2,1-5H3,(H,24,27). The first-order valence-corrected chi connectivity index (χ1v) is 9.70. The number of hydrogen-bond donors (Lipinski definition) is 1. The van der Waals surface area contributed by atoms with Gasteiger partial charge in [0, 0.05) is 24.3 Å². The van der Waals surface area contributed by atoms with Crippen molar-refractivity contribution >= 4 is 23.2 Å². The number of amides is 2. The summed E-state index contributed by atoms with van der Waals surface area (Å²) in [7, 11) is 0. The number of anilines is 2. The fourth-order valence-electron chi connectivity index (χ4n) is 3.71. The van der Waals surface area contributed by atoms with E-state index in [-0.39, 0.29) is 30.3 Å². The van der Waals surface area contributed by atoms with Crippen LogP contribution in [0.15, 0.2) is 36.4 Å². The van der Waals surface area contributed by atoms with Crippen LogP contribution in [0.1, 0.15) is 37.0 Å². The van der Waals surface area contributed by atoms with E-state index in [1.807, 2.05) is 58.9 Å². The van der Waals surface area contributed by atoms with E-state index < -0.39 is 0 Å². The van der Waals surface area contributed by atoms with Gasteiger partial charge >= 0.3 is 0 Å². The molecule has 2 amide bonds. The van der Waals surface area contributed by atoms with E-state index in [1.165, 1.54) is 5.56 Å². The summed E-state index contributed by atoms with van der Waals surface area (Å²) in [6.07, 6.45) is 0.320. The lowest BCUT2D eigenvalue weighted by Gasteiger charge is -2.18. The topological polar surface area (TPSA) is 58.6 Å². The molecule has 1 saturated heterocycles. The minimum absolute atomic E-state index is 0.0324. The van der Waals surface area contributed by atoms with E-state index in [9.17, 15) is 9.59 Å². The van der Waals surface area contributed by atoms with E-state index in [0.29, 0.717) is 6.54 Å². The molecule has 5 nitrogen and oxygen atoms in total. The van der Waals surface area contributed by atoms with Crippen molar-refractivity contribution in [1.82, 2.24) is 0 Å². The fraction of sp³-hybridized carbons (Fsp3) is 0.391. The quantitative estimate of drug-likeness (QED) is 0.837. The Morgan fingerprint density at radius 1 is 1.11 bits per heavy atom. The van der Waals surface area contributed by atoms with Gasteiger partial charge in [-0.25, -0.2) is 0 Å². The first-order valence-electron chi connectivity index (χ1n) is 9.70. The summed E-state index contributed by atoms with van der Waals surface area (Å²) in [5.41, 5.74) is 4.87. The molecule has 1 unspecified atom stereocenters. The largest absolute Gasteiger partial charge is 0.491 e. The molecule has 1 heterocycles. The lowest BCUT2D eigenvalue weighted by atomic mass is 10.0. The van der Waals surface area contributed by atoms with Crippen molar-refractivity contribution in [2.45, 2.75) is 47.1 Å². The normalized spacial score (nSPS) is 16.6. The molecular formula is C23H28N2O3. The van der Waals surface area contributed by atoms with Crippen molar-refractivity contribution in [3.63, 3.8) is 0 Å². The van der Waals surface area contributed by atoms with Gasteiger partial charge in [-0.2, -0.15) is 0 Å². The lowest BCUT2D eigenvalue weighted by molar-refractivity contribution is -0.122. The molecule has 2 aromatic carbocycles. The lowest BCUT2D eigenvalue weighted by Crippen LogP contribution is -2.28. The highest BCUT2D eigenvalue weighted by atomic mass is 16.5. The van der Waals surface area contributed by atoms with Gasteiger partial charge in [0.2, 0.25) is 11.8 Å². The zero-order valence-corrected chi connectivity index (χ0v) is 17.2. The number of nitrogens with one attached hydrogen (secondary N) is 1.